The zero-order chi connectivity index (χ0) is 11.9. The van der Waals surface area contributed by atoms with E-state index in [1.165, 1.54) is 0 Å². The first-order valence-corrected chi connectivity index (χ1v) is 6.25. The van der Waals surface area contributed by atoms with E-state index >= 15 is 0 Å². The number of ether oxygens (including phenoxy) is 2. The largest absolute Gasteiger partial charge is 0.465 e. The Hall–Kier alpha value is -1.11. The van der Waals surface area contributed by atoms with Crippen molar-refractivity contribution in [1.29, 1.82) is 0 Å². The molecule has 6 nitrogen and oxygen atoms in total. The number of rotatable bonds is 6. The number of hydrogen-bond acceptors (Lipinski definition) is 6. The van der Waals surface area contributed by atoms with Crippen molar-refractivity contribution in [3.05, 3.63) is 0 Å². The standard InChI is InChI=1S/C8H14O6S/c1-3-13-7(9)5-15(11,12)6-8(10)14-4-2/h3-6H2,1-2H3. The van der Waals surface area contributed by atoms with Crippen LogP contribution in [0.5, 0.6) is 0 Å². The summed E-state index contributed by atoms with van der Waals surface area (Å²) in [4.78, 5) is 21.7. The molecule has 0 fully saturated rings. The molecule has 0 aliphatic carbocycles. The van der Waals surface area contributed by atoms with Crippen LogP contribution in [-0.4, -0.2) is 45.1 Å². The predicted octanol–water partition coefficient (Wildman–Crippen LogP) is -0.473. The van der Waals surface area contributed by atoms with Gasteiger partial charge in [-0.15, -0.1) is 0 Å². The second kappa shape index (κ2) is 6.39. The molecular weight excluding hydrogens is 224 g/mol. The summed E-state index contributed by atoms with van der Waals surface area (Å²) in [5.41, 5.74) is 0. The molecule has 0 atom stereocenters. The van der Waals surface area contributed by atoms with Crippen LogP contribution in [0.15, 0.2) is 0 Å². The van der Waals surface area contributed by atoms with Crippen molar-refractivity contribution < 1.29 is 27.5 Å². The summed E-state index contributed by atoms with van der Waals surface area (Å²) in [5, 5.41) is 0. The first-order chi connectivity index (χ1) is 6.91. The predicted molar refractivity (Wildman–Crippen MR) is 51.9 cm³/mol. The van der Waals surface area contributed by atoms with E-state index in [0.29, 0.717) is 0 Å². The Balaban J connectivity index is 4.19. The van der Waals surface area contributed by atoms with Gasteiger partial charge in [-0.3, -0.25) is 9.59 Å². The average molecular weight is 238 g/mol. The molecule has 0 unspecified atom stereocenters. The van der Waals surface area contributed by atoms with Gasteiger partial charge in [-0.1, -0.05) is 0 Å². The molecule has 0 aromatic heterocycles. The van der Waals surface area contributed by atoms with Crippen LogP contribution in [0.1, 0.15) is 13.8 Å². The van der Waals surface area contributed by atoms with E-state index < -0.39 is 33.3 Å². The molecule has 0 amide bonds. The third-order valence-corrected chi connectivity index (χ3v) is 2.64. The first-order valence-electron chi connectivity index (χ1n) is 4.43. The Morgan fingerprint density at radius 1 is 0.933 bits per heavy atom. The highest BCUT2D eigenvalue weighted by Crippen LogP contribution is 1.94. The molecule has 0 radical (unpaired) electrons. The molecule has 7 heteroatoms. The highest BCUT2D eigenvalue weighted by molar-refractivity contribution is 7.92. The van der Waals surface area contributed by atoms with Crippen LogP contribution < -0.4 is 0 Å². The quantitative estimate of drug-likeness (QED) is 0.581. The third kappa shape index (κ3) is 6.89. The summed E-state index contributed by atoms with van der Waals surface area (Å²) in [7, 11) is -3.77. The highest BCUT2D eigenvalue weighted by atomic mass is 32.2. The summed E-state index contributed by atoms with van der Waals surface area (Å²) >= 11 is 0. The molecule has 0 heterocycles. The van der Waals surface area contributed by atoms with E-state index in [4.69, 9.17) is 0 Å². The minimum atomic E-state index is -3.77. The molecule has 0 aromatic rings. The average Bonchev–Trinajstić information content (AvgIpc) is 2.01. The second-order valence-corrected chi connectivity index (χ2v) is 4.71. The Kier molecular flexibility index (Phi) is 5.92. The van der Waals surface area contributed by atoms with Gasteiger partial charge in [-0.05, 0) is 13.8 Å². The molecule has 0 rings (SSSR count). The first kappa shape index (κ1) is 13.9. The van der Waals surface area contributed by atoms with Gasteiger partial charge in [0.1, 0.15) is 11.5 Å². The van der Waals surface area contributed by atoms with Gasteiger partial charge in [0, 0.05) is 0 Å². The van der Waals surface area contributed by atoms with E-state index in [1.54, 1.807) is 13.8 Å². The van der Waals surface area contributed by atoms with Gasteiger partial charge in [-0.25, -0.2) is 8.42 Å². The van der Waals surface area contributed by atoms with Gasteiger partial charge >= 0.3 is 11.9 Å². The number of carbonyl (C=O) groups is 2. The van der Waals surface area contributed by atoms with Gasteiger partial charge < -0.3 is 9.47 Å². The van der Waals surface area contributed by atoms with Gasteiger partial charge in [0.2, 0.25) is 0 Å². The van der Waals surface area contributed by atoms with Crippen molar-refractivity contribution in [3.63, 3.8) is 0 Å². The van der Waals surface area contributed by atoms with Gasteiger partial charge in [0.05, 0.1) is 13.2 Å². The van der Waals surface area contributed by atoms with Crippen LogP contribution in [0.4, 0.5) is 0 Å². The molecule has 0 saturated heterocycles. The normalized spacial score (nSPS) is 10.8. The van der Waals surface area contributed by atoms with Crippen molar-refractivity contribution in [1.82, 2.24) is 0 Å². The molecule has 0 aliphatic rings. The smallest absolute Gasteiger partial charge is 0.321 e. The summed E-state index contributed by atoms with van der Waals surface area (Å²) in [6.45, 7) is 3.34. The van der Waals surface area contributed by atoms with Crippen LogP contribution in [0.3, 0.4) is 0 Å². The topological polar surface area (TPSA) is 86.7 Å². The van der Waals surface area contributed by atoms with Crippen LogP contribution in [0.2, 0.25) is 0 Å². The number of esters is 2. The lowest BCUT2D eigenvalue weighted by Crippen LogP contribution is -2.26. The monoisotopic (exact) mass is 238 g/mol. The van der Waals surface area contributed by atoms with Crippen molar-refractivity contribution in [2.24, 2.45) is 0 Å². The summed E-state index contributed by atoms with van der Waals surface area (Å²) < 4.78 is 31.3. The fraction of sp³-hybridized carbons (Fsp3) is 0.750. The molecule has 0 bridgehead atoms. The van der Waals surface area contributed by atoms with Crippen LogP contribution in [-0.2, 0) is 28.9 Å². The zero-order valence-corrected chi connectivity index (χ0v) is 9.50. The van der Waals surface area contributed by atoms with Crippen LogP contribution >= 0.6 is 0 Å². The van der Waals surface area contributed by atoms with Crippen LogP contribution in [0, 0.1) is 0 Å². The van der Waals surface area contributed by atoms with E-state index in [0.717, 1.165) is 0 Å². The van der Waals surface area contributed by atoms with E-state index in [1.807, 2.05) is 0 Å². The Labute approximate surface area is 88.5 Å². The summed E-state index contributed by atoms with van der Waals surface area (Å²) in [6, 6.07) is 0. The fourth-order valence-corrected chi connectivity index (χ4v) is 1.80. The van der Waals surface area contributed by atoms with Crippen LogP contribution in [0.25, 0.3) is 0 Å². The molecule has 15 heavy (non-hydrogen) atoms. The van der Waals surface area contributed by atoms with Crippen molar-refractivity contribution in [3.8, 4) is 0 Å². The van der Waals surface area contributed by atoms with Crippen molar-refractivity contribution in [2.75, 3.05) is 24.7 Å². The lowest BCUT2D eigenvalue weighted by Gasteiger charge is -2.03. The van der Waals surface area contributed by atoms with Gasteiger partial charge in [-0.2, -0.15) is 0 Å². The lowest BCUT2D eigenvalue weighted by atomic mass is 10.7. The minimum Gasteiger partial charge on any atom is -0.465 e. The van der Waals surface area contributed by atoms with Gasteiger partial charge in [0.25, 0.3) is 0 Å². The third-order valence-electron chi connectivity index (χ3n) is 1.29. The summed E-state index contributed by atoms with van der Waals surface area (Å²) in [5.74, 6) is -3.30. The number of sulfone groups is 1. The van der Waals surface area contributed by atoms with E-state index in [2.05, 4.69) is 9.47 Å². The highest BCUT2D eigenvalue weighted by Gasteiger charge is 2.22. The maximum atomic E-state index is 11.2. The lowest BCUT2D eigenvalue weighted by molar-refractivity contribution is -0.140. The molecule has 0 spiro atoms. The Morgan fingerprint density at radius 2 is 1.27 bits per heavy atom. The number of hydrogen-bond donors (Lipinski definition) is 0. The molecule has 0 saturated carbocycles. The maximum Gasteiger partial charge on any atom is 0.321 e. The molecule has 0 aromatic carbocycles. The van der Waals surface area contributed by atoms with E-state index in [9.17, 15) is 18.0 Å². The SMILES string of the molecule is CCOC(=O)CS(=O)(=O)CC(=O)OCC. The second-order valence-electron chi connectivity index (χ2n) is 2.64. The Bertz CT molecular complexity index is 292. The zero-order valence-electron chi connectivity index (χ0n) is 8.69. The maximum absolute atomic E-state index is 11.2. The van der Waals surface area contributed by atoms with Gasteiger partial charge in [0.15, 0.2) is 9.84 Å². The molecule has 88 valence electrons. The minimum absolute atomic E-state index is 0.105. The molecule has 0 N–H and O–H groups in total. The summed E-state index contributed by atoms with van der Waals surface area (Å²) in [6.07, 6.45) is 0. The Morgan fingerprint density at radius 3 is 1.53 bits per heavy atom. The molecular formula is C8H14O6S. The molecule has 0 aliphatic heterocycles. The van der Waals surface area contributed by atoms with Crippen molar-refractivity contribution >= 4 is 21.8 Å². The number of carbonyl (C=O) groups excluding carboxylic acids is 2. The van der Waals surface area contributed by atoms with E-state index in [-0.39, 0.29) is 13.2 Å². The van der Waals surface area contributed by atoms with Crippen molar-refractivity contribution in [2.45, 2.75) is 13.8 Å². The fourth-order valence-electron chi connectivity index (χ4n) is 0.815.